The van der Waals surface area contributed by atoms with E-state index in [9.17, 15) is 4.79 Å². The van der Waals surface area contributed by atoms with Gasteiger partial charge in [0, 0.05) is 21.8 Å². The monoisotopic (exact) mass is 267 g/mol. The van der Waals surface area contributed by atoms with Crippen molar-refractivity contribution in [1.29, 1.82) is 0 Å². The zero-order valence-electron chi connectivity index (χ0n) is 8.52. The van der Waals surface area contributed by atoms with E-state index in [1.807, 2.05) is 0 Å². The van der Waals surface area contributed by atoms with Gasteiger partial charge in [-0.1, -0.05) is 23.2 Å². The maximum Gasteiger partial charge on any atom is 0.337 e. The third-order valence-electron chi connectivity index (χ3n) is 2.17. The summed E-state index contributed by atoms with van der Waals surface area (Å²) in [5, 5.41) is 9.77. The van der Waals surface area contributed by atoms with Crippen molar-refractivity contribution in [1.82, 2.24) is 4.98 Å². The molecule has 0 atom stereocenters. The topological polar surface area (TPSA) is 50.2 Å². The summed E-state index contributed by atoms with van der Waals surface area (Å²) >= 11 is 11.8. The average Bonchev–Trinajstić information content (AvgIpc) is 2.28. The van der Waals surface area contributed by atoms with Gasteiger partial charge >= 0.3 is 5.97 Å². The van der Waals surface area contributed by atoms with Gasteiger partial charge in [0.1, 0.15) is 0 Å². The molecule has 3 nitrogen and oxygen atoms in total. The Hall–Kier alpha value is -1.58. The zero-order chi connectivity index (χ0) is 12.4. The van der Waals surface area contributed by atoms with Crippen LogP contribution >= 0.6 is 23.2 Å². The first kappa shape index (κ1) is 11.9. The van der Waals surface area contributed by atoms with Gasteiger partial charge in [0.15, 0.2) is 0 Å². The Labute approximate surface area is 108 Å². The van der Waals surface area contributed by atoms with Crippen LogP contribution < -0.4 is 0 Å². The fourth-order valence-corrected chi connectivity index (χ4v) is 1.92. The summed E-state index contributed by atoms with van der Waals surface area (Å²) in [5.41, 5.74) is 1.51. The highest BCUT2D eigenvalue weighted by Crippen LogP contribution is 2.25. The molecular weight excluding hydrogens is 261 g/mol. The summed E-state index contributed by atoms with van der Waals surface area (Å²) in [7, 11) is 0. The number of benzene rings is 1. The minimum Gasteiger partial charge on any atom is -0.478 e. The van der Waals surface area contributed by atoms with Crippen molar-refractivity contribution in [2.24, 2.45) is 0 Å². The highest BCUT2D eigenvalue weighted by molar-refractivity contribution is 6.35. The number of hydrogen-bond acceptors (Lipinski definition) is 2. The largest absolute Gasteiger partial charge is 0.478 e. The Morgan fingerprint density at radius 1 is 1.12 bits per heavy atom. The Kier molecular flexibility index (Phi) is 3.31. The molecule has 86 valence electrons. The number of halogens is 2. The first-order chi connectivity index (χ1) is 8.06. The highest BCUT2D eigenvalue weighted by Gasteiger charge is 2.06. The number of aromatic nitrogens is 1. The summed E-state index contributed by atoms with van der Waals surface area (Å²) in [5.74, 6) is -1.01. The molecule has 2 rings (SSSR count). The number of aromatic carboxylic acids is 1. The summed E-state index contributed by atoms with van der Waals surface area (Å²) in [6, 6.07) is 8.16. The third-order valence-corrected chi connectivity index (χ3v) is 2.61. The Balaban J connectivity index is 2.43. The second-order valence-corrected chi connectivity index (χ2v) is 4.27. The molecule has 0 bridgehead atoms. The molecule has 0 saturated carbocycles. The third kappa shape index (κ3) is 2.75. The molecule has 0 aliphatic rings. The predicted molar refractivity (Wildman–Crippen MR) is 66.7 cm³/mol. The lowest BCUT2D eigenvalue weighted by molar-refractivity contribution is 0.0696. The lowest BCUT2D eigenvalue weighted by atomic mass is 10.1. The molecule has 0 radical (unpaired) electrons. The predicted octanol–water partition coefficient (Wildman–Crippen LogP) is 3.75. The molecule has 0 unspecified atom stereocenters. The van der Waals surface area contributed by atoms with Gasteiger partial charge in [-0.2, -0.15) is 0 Å². The normalized spacial score (nSPS) is 10.2. The van der Waals surface area contributed by atoms with E-state index in [1.165, 1.54) is 12.3 Å². The van der Waals surface area contributed by atoms with Gasteiger partial charge in [-0.25, -0.2) is 4.79 Å². The SMILES string of the molecule is O=C(O)c1ccc(-c2cc(Cl)cc(Cl)c2)nc1. The van der Waals surface area contributed by atoms with Crippen molar-refractivity contribution >= 4 is 29.2 Å². The molecular formula is C12H7Cl2NO2. The summed E-state index contributed by atoms with van der Waals surface area (Å²) in [6.07, 6.45) is 1.30. The van der Waals surface area contributed by atoms with Crippen LogP contribution in [0.1, 0.15) is 10.4 Å². The molecule has 17 heavy (non-hydrogen) atoms. The molecule has 5 heteroatoms. The van der Waals surface area contributed by atoms with Crippen LogP contribution in [0.3, 0.4) is 0 Å². The first-order valence-electron chi connectivity index (χ1n) is 4.72. The number of pyridine rings is 1. The molecule has 2 aromatic rings. The number of carbonyl (C=O) groups is 1. The van der Waals surface area contributed by atoms with Gasteiger partial charge in [0.05, 0.1) is 11.3 Å². The van der Waals surface area contributed by atoms with Gasteiger partial charge in [-0.3, -0.25) is 4.98 Å². The fraction of sp³-hybridized carbons (Fsp3) is 0. The standard InChI is InChI=1S/C12H7Cl2NO2/c13-9-3-8(4-10(14)5-9)11-2-1-7(6-15-11)12(16)17/h1-6H,(H,16,17). The molecule has 1 aromatic carbocycles. The molecule has 1 heterocycles. The first-order valence-corrected chi connectivity index (χ1v) is 5.47. The summed E-state index contributed by atoms with van der Waals surface area (Å²) in [6.45, 7) is 0. The van der Waals surface area contributed by atoms with Gasteiger partial charge in [0.2, 0.25) is 0 Å². The zero-order valence-corrected chi connectivity index (χ0v) is 10.0. The molecule has 0 saturated heterocycles. The fourth-order valence-electron chi connectivity index (χ4n) is 1.39. The quantitative estimate of drug-likeness (QED) is 0.902. The molecule has 1 aromatic heterocycles. The van der Waals surface area contributed by atoms with Crippen molar-refractivity contribution in [2.75, 3.05) is 0 Å². The number of nitrogens with zero attached hydrogens (tertiary/aromatic N) is 1. The molecule has 0 fully saturated rings. The van der Waals surface area contributed by atoms with Crippen LogP contribution in [0.5, 0.6) is 0 Å². The Morgan fingerprint density at radius 2 is 1.76 bits per heavy atom. The van der Waals surface area contributed by atoms with Crippen LogP contribution in [0.4, 0.5) is 0 Å². The lowest BCUT2D eigenvalue weighted by Gasteiger charge is -2.03. The van der Waals surface area contributed by atoms with Crippen molar-refractivity contribution in [2.45, 2.75) is 0 Å². The van der Waals surface area contributed by atoms with Crippen LogP contribution in [0.25, 0.3) is 11.3 Å². The second kappa shape index (κ2) is 4.73. The number of carboxylic acid groups (broad SMARTS) is 1. The summed E-state index contributed by atoms with van der Waals surface area (Å²) < 4.78 is 0. The Morgan fingerprint density at radius 3 is 2.24 bits per heavy atom. The number of carboxylic acids is 1. The van der Waals surface area contributed by atoms with E-state index >= 15 is 0 Å². The lowest BCUT2D eigenvalue weighted by Crippen LogP contribution is -1.97. The number of rotatable bonds is 2. The molecule has 0 aliphatic carbocycles. The van der Waals surface area contributed by atoms with Crippen molar-refractivity contribution in [3.8, 4) is 11.3 Å². The van der Waals surface area contributed by atoms with Crippen LogP contribution in [0.15, 0.2) is 36.5 Å². The van der Waals surface area contributed by atoms with Crippen molar-refractivity contribution in [3.63, 3.8) is 0 Å². The van der Waals surface area contributed by atoms with Crippen LogP contribution in [0.2, 0.25) is 10.0 Å². The molecule has 0 spiro atoms. The average molecular weight is 268 g/mol. The maximum atomic E-state index is 10.7. The molecule has 0 aliphatic heterocycles. The molecule has 1 N–H and O–H groups in total. The van der Waals surface area contributed by atoms with Gasteiger partial charge < -0.3 is 5.11 Å². The van der Waals surface area contributed by atoms with E-state index in [4.69, 9.17) is 28.3 Å². The smallest absolute Gasteiger partial charge is 0.337 e. The van der Waals surface area contributed by atoms with Gasteiger partial charge in [0.25, 0.3) is 0 Å². The van der Waals surface area contributed by atoms with Crippen molar-refractivity contribution in [3.05, 3.63) is 52.1 Å². The van der Waals surface area contributed by atoms with Crippen LogP contribution in [-0.2, 0) is 0 Å². The minimum atomic E-state index is -1.01. The second-order valence-electron chi connectivity index (χ2n) is 3.40. The van der Waals surface area contributed by atoms with E-state index in [0.29, 0.717) is 15.7 Å². The van der Waals surface area contributed by atoms with Crippen molar-refractivity contribution < 1.29 is 9.90 Å². The van der Waals surface area contributed by atoms with E-state index in [0.717, 1.165) is 5.56 Å². The van der Waals surface area contributed by atoms with Crippen LogP contribution in [-0.4, -0.2) is 16.1 Å². The van der Waals surface area contributed by atoms with Gasteiger partial charge in [-0.15, -0.1) is 0 Å². The highest BCUT2D eigenvalue weighted by atomic mass is 35.5. The van der Waals surface area contributed by atoms with E-state index in [-0.39, 0.29) is 5.56 Å². The van der Waals surface area contributed by atoms with Crippen LogP contribution in [0, 0.1) is 0 Å². The van der Waals surface area contributed by atoms with Gasteiger partial charge in [-0.05, 0) is 30.3 Å². The molecule has 0 amide bonds. The van der Waals surface area contributed by atoms with E-state index in [1.54, 1.807) is 24.3 Å². The number of hydrogen-bond donors (Lipinski definition) is 1. The van der Waals surface area contributed by atoms with E-state index < -0.39 is 5.97 Å². The summed E-state index contributed by atoms with van der Waals surface area (Å²) in [4.78, 5) is 14.7. The van der Waals surface area contributed by atoms with E-state index in [2.05, 4.69) is 4.98 Å². The minimum absolute atomic E-state index is 0.141. The maximum absolute atomic E-state index is 10.7. The Bertz CT molecular complexity index is 547.